The van der Waals surface area contributed by atoms with E-state index in [1.165, 1.54) is 12.1 Å². The Balaban J connectivity index is 1.15. The van der Waals surface area contributed by atoms with Crippen LogP contribution < -0.4 is 16.2 Å². The zero-order valence-electron chi connectivity index (χ0n) is 19.9. The fraction of sp³-hybridized carbons (Fsp3) is 0.407. The number of benzene rings is 2. The number of carbonyl (C=O) groups is 1. The lowest BCUT2D eigenvalue weighted by Gasteiger charge is -2.32. The summed E-state index contributed by atoms with van der Waals surface area (Å²) < 4.78 is 0. The third-order valence-electron chi connectivity index (χ3n) is 6.73. The van der Waals surface area contributed by atoms with Crippen LogP contribution in [0.2, 0.25) is 0 Å². The van der Waals surface area contributed by atoms with E-state index in [4.69, 9.17) is 0 Å². The maximum Gasteiger partial charge on any atom is 0.248 e. The number of aromatic nitrogens is 1. The summed E-state index contributed by atoms with van der Waals surface area (Å²) in [5.74, 6) is 0.595. The highest BCUT2D eigenvalue weighted by atomic mass is 16.3. The molecule has 186 valence electrons. The zero-order valence-corrected chi connectivity index (χ0v) is 19.9. The largest absolute Gasteiger partial charge is 0.506 e. The normalized spacial score (nSPS) is 15.8. The number of phenolic OH excluding ortho intramolecular Hbond substituents is 1. The summed E-state index contributed by atoms with van der Waals surface area (Å²) >= 11 is 0. The van der Waals surface area contributed by atoms with Crippen LogP contribution in [-0.2, 0) is 11.3 Å². The molecule has 3 aromatic rings. The summed E-state index contributed by atoms with van der Waals surface area (Å²) in [6, 6.07) is 16.1. The van der Waals surface area contributed by atoms with Gasteiger partial charge in [-0.25, -0.2) is 0 Å². The van der Waals surface area contributed by atoms with Crippen LogP contribution in [0.3, 0.4) is 0 Å². The monoisotopic (exact) mass is 478 g/mol. The average Bonchev–Trinajstić information content (AvgIpc) is 2.88. The summed E-state index contributed by atoms with van der Waals surface area (Å²) in [4.78, 5) is 28.7. The van der Waals surface area contributed by atoms with Crippen LogP contribution >= 0.6 is 0 Å². The van der Waals surface area contributed by atoms with Crippen molar-refractivity contribution < 1.29 is 15.0 Å². The fourth-order valence-corrected chi connectivity index (χ4v) is 4.64. The van der Waals surface area contributed by atoms with E-state index < -0.39 is 6.10 Å². The van der Waals surface area contributed by atoms with Crippen molar-refractivity contribution >= 4 is 16.8 Å². The zero-order chi connectivity index (χ0) is 24.6. The van der Waals surface area contributed by atoms with Crippen molar-refractivity contribution in [3.8, 4) is 5.75 Å². The van der Waals surface area contributed by atoms with Gasteiger partial charge in [-0.3, -0.25) is 9.59 Å². The summed E-state index contributed by atoms with van der Waals surface area (Å²) in [7, 11) is 0. The highest BCUT2D eigenvalue weighted by Gasteiger charge is 2.20. The van der Waals surface area contributed by atoms with E-state index in [9.17, 15) is 19.8 Å². The lowest BCUT2D eigenvalue weighted by atomic mass is 9.96. The van der Waals surface area contributed by atoms with Gasteiger partial charge in [-0.05, 0) is 61.7 Å². The van der Waals surface area contributed by atoms with Crippen LogP contribution in [0.5, 0.6) is 5.75 Å². The van der Waals surface area contributed by atoms with Gasteiger partial charge in [0.2, 0.25) is 11.5 Å². The van der Waals surface area contributed by atoms with Crippen LogP contribution in [0.25, 0.3) is 10.9 Å². The third kappa shape index (κ3) is 6.91. The number of carbonyl (C=O) groups excluding carboxylic acids is 1. The number of amides is 1. The van der Waals surface area contributed by atoms with Crippen molar-refractivity contribution in [3.05, 3.63) is 76.1 Å². The van der Waals surface area contributed by atoms with Crippen molar-refractivity contribution in [2.45, 2.75) is 31.9 Å². The number of hydrogen-bond donors (Lipinski definition) is 5. The number of aromatic amines is 1. The maximum absolute atomic E-state index is 12.2. The second-order valence-corrected chi connectivity index (χ2v) is 9.26. The Labute approximate surface area is 205 Å². The van der Waals surface area contributed by atoms with E-state index >= 15 is 0 Å². The van der Waals surface area contributed by atoms with Crippen LogP contribution in [-0.4, -0.2) is 58.7 Å². The quantitative estimate of drug-likeness (QED) is 0.305. The number of piperidine rings is 1. The molecule has 0 spiro atoms. The minimum atomic E-state index is -0.751. The van der Waals surface area contributed by atoms with Crippen LogP contribution in [0.4, 0.5) is 0 Å². The Morgan fingerprint density at radius 1 is 1.09 bits per heavy atom. The first-order chi connectivity index (χ1) is 17.0. The van der Waals surface area contributed by atoms with Gasteiger partial charge in [0.05, 0.1) is 11.6 Å². The molecule has 35 heavy (non-hydrogen) atoms. The molecule has 8 heteroatoms. The number of hydrogen-bond acceptors (Lipinski definition) is 6. The second kappa shape index (κ2) is 12.0. The number of likely N-dealkylation sites (tertiary alicyclic amines) is 1. The summed E-state index contributed by atoms with van der Waals surface area (Å²) in [6.07, 6.45) is 1.86. The molecule has 4 rings (SSSR count). The summed E-state index contributed by atoms with van der Waals surface area (Å²) in [6.45, 7) is 4.48. The smallest absolute Gasteiger partial charge is 0.248 e. The van der Waals surface area contributed by atoms with Crippen LogP contribution in [0.1, 0.15) is 36.5 Å². The van der Waals surface area contributed by atoms with Crippen molar-refractivity contribution in [2.24, 2.45) is 5.92 Å². The minimum Gasteiger partial charge on any atom is -0.506 e. The van der Waals surface area contributed by atoms with E-state index in [1.54, 1.807) is 12.1 Å². The number of aliphatic hydroxyl groups excluding tert-OH is 1. The van der Waals surface area contributed by atoms with Crippen LogP contribution in [0, 0.1) is 5.92 Å². The SMILES string of the molecule is O=C(CCN1CCC(CNC[C@H](O)c2ccc(O)c3[nH]c(=O)ccc23)CC1)NCc1ccccc1. The van der Waals surface area contributed by atoms with Gasteiger partial charge >= 0.3 is 0 Å². The molecule has 0 bridgehead atoms. The first-order valence-electron chi connectivity index (χ1n) is 12.3. The molecular weight excluding hydrogens is 444 g/mol. The van der Waals surface area contributed by atoms with Crippen molar-refractivity contribution in [2.75, 3.05) is 32.7 Å². The molecule has 8 nitrogen and oxygen atoms in total. The Morgan fingerprint density at radius 2 is 1.86 bits per heavy atom. The highest BCUT2D eigenvalue weighted by Crippen LogP contribution is 2.28. The molecular formula is C27H34N4O4. The van der Waals surface area contributed by atoms with E-state index in [-0.39, 0.29) is 17.2 Å². The van der Waals surface area contributed by atoms with E-state index in [1.807, 2.05) is 30.3 Å². The molecule has 0 aliphatic carbocycles. The summed E-state index contributed by atoms with van der Waals surface area (Å²) in [5, 5.41) is 27.7. The molecule has 1 atom stereocenters. The lowest BCUT2D eigenvalue weighted by Crippen LogP contribution is -2.39. The van der Waals surface area contributed by atoms with Gasteiger partial charge in [-0.15, -0.1) is 0 Å². The average molecular weight is 479 g/mol. The predicted octanol–water partition coefficient (Wildman–Crippen LogP) is 2.28. The number of pyridine rings is 1. The molecule has 2 aromatic carbocycles. The molecule has 1 fully saturated rings. The number of rotatable bonds is 10. The van der Waals surface area contributed by atoms with Gasteiger partial charge in [-0.2, -0.15) is 0 Å². The van der Waals surface area contributed by atoms with Gasteiger partial charge in [0.25, 0.3) is 0 Å². The number of nitrogens with one attached hydrogen (secondary N) is 3. The molecule has 1 aliphatic rings. The number of phenols is 1. The molecule has 1 amide bonds. The van der Waals surface area contributed by atoms with Crippen LogP contribution in [0.15, 0.2) is 59.4 Å². The van der Waals surface area contributed by atoms with Gasteiger partial charge in [0.1, 0.15) is 5.75 Å². The summed E-state index contributed by atoms with van der Waals surface area (Å²) in [5.41, 5.74) is 1.82. The molecule has 1 aromatic heterocycles. The fourth-order valence-electron chi connectivity index (χ4n) is 4.64. The van der Waals surface area contributed by atoms with E-state index in [0.29, 0.717) is 41.9 Å². The van der Waals surface area contributed by atoms with Gasteiger partial charge in [-0.1, -0.05) is 36.4 Å². The third-order valence-corrected chi connectivity index (χ3v) is 6.73. The number of aromatic hydroxyl groups is 1. The lowest BCUT2D eigenvalue weighted by molar-refractivity contribution is -0.121. The first kappa shape index (κ1) is 24.9. The van der Waals surface area contributed by atoms with E-state index in [0.717, 1.165) is 44.6 Å². The molecule has 1 saturated heterocycles. The maximum atomic E-state index is 12.2. The Bertz CT molecular complexity index is 1170. The molecule has 2 heterocycles. The number of aliphatic hydroxyl groups is 1. The molecule has 0 saturated carbocycles. The molecule has 0 unspecified atom stereocenters. The Kier molecular flexibility index (Phi) is 8.52. The molecule has 0 radical (unpaired) electrons. The second-order valence-electron chi connectivity index (χ2n) is 9.26. The Hall–Kier alpha value is -3.20. The Morgan fingerprint density at radius 3 is 2.63 bits per heavy atom. The van der Waals surface area contributed by atoms with Gasteiger partial charge in [0.15, 0.2) is 0 Å². The standard InChI is InChI=1S/C27H34N4O4/c32-23-8-6-21(22-7-9-26(35)30-27(22)23)24(33)18-28-16-20-10-13-31(14-11-20)15-12-25(34)29-17-19-4-2-1-3-5-19/h1-9,20,24,28,32-33H,10-18H2,(H,29,34)(H,30,35)/t24-/m0/s1. The number of fused-ring (bicyclic) bond motifs is 1. The van der Waals surface area contributed by atoms with E-state index in [2.05, 4.69) is 20.5 Å². The number of nitrogens with zero attached hydrogens (tertiary/aromatic N) is 1. The molecule has 1 aliphatic heterocycles. The highest BCUT2D eigenvalue weighted by molar-refractivity contribution is 5.87. The predicted molar refractivity (Wildman–Crippen MR) is 136 cm³/mol. The number of H-pyrrole nitrogens is 1. The van der Waals surface area contributed by atoms with Crippen molar-refractivity contribution in [3.63, 3.8) is 0 Å². The van der Waals surface area contributed by atoms with Crippen molar-refractivity contribution in [1.29, 1.82) is 0 Å². The topological polar surface area (TPSA) is 118 Å². The van der Waals surface area contributed by atoms with Gasteiger partial charge in [0, 0.05) is 37.5 Å². The molecule has 5 N–H and O–H groups in total. The first-order valence-corrected chi connectivity index (χ1v) is 12.3. The minimum absolute atomic E-state index is 0.0120. The van der Waals surface area contributed by atoms with Crippen molar-refractivity contribution in [1.82, 2.24) is 20.5 Å². The van der Waals surface area contributed by atoms with Gasteiger partial charge < -0.3 is 30.7 Å².